The summed E-state index contributed by atoms with van der Waals surface area (Å²) >= 11 is 0. The smallest absolute Gasteiger partial charge is 0.159 e. The maximum absolute atomic E-state index is 6.76. The first-order valence-electron chi connectivity index (χ1n) is 23.7. The first-order chi connectivity index (χ1) is 34.5. The van der Waals surface area contributed by atoms with Crippen LogP contribution in [0.5, 0.6) is 0 Å². The van der Waals surface area contributed by atoms with Gasteiger partial charge in [0, 0.05) is 65.8 Å². The number of fused-ring (bicyclic) bond motifs is 14. The van der Waals surface area contributed by atoms with Crippen molar-refractivity contribution in [3.63, 3.8) is 0 Å². The summed E-state index contributed by atoms with van der Waals surface area (Å²) in [6, 6.07) is 72.8. The highest BCUT2D eigenvalue weighted by Crippen LogP contribution is 2.48. The molecule has 0 fully saturated rings. The van der Waals surface area contributed by atoms with Gasteiger partial charge in [-0.3, -0.25) is 0 Å². The van der Waals surface area contributed by atoms with Gasteiger partial charge in [0.25, 0.3) is 0 Å². The van der Waals surface area contributed by atoms with E-state index in [0.717, 1.165) is 155 Å². The van der Waals surface area contributed by atoms with Gasteiger partial charge in [0.05, 0.1) is 11.4 Å². The van der Waals surface area contributed by atoms with Crippen molar-refractivity contribution in [2.24, 2.45) is 0 Å². The van der Waals surface area contributed by atoms with Crippen LogP contribution in [0.4, 0.5) is 34.1 Å². The van der Waals surface area contributed by atoms with Crippen molar-refractivity contribution in [2.75, 3.05) is 9.80 Å². The number of furan rings is 4. The standard InChI is InChI=1S/C64H40N2O4/c1-37-21-27-49-47-17-9-11-19-55(47)69-63(49)61(37)65(43-13-5-3-6-14-43)45-25-23-39-31-51-53-35-60-54(36-59(53)67-57(51)33-41(39)29-45)52-32-40-24-26-46(30-42(40)34-58(52)68-60)66(44-15-7-4-8-16-44)62-38(2)22-28-50-48-18-10-12-20-56(48)70-64(50)62/h3-36H,1-2H3. The molecule has 0 bridgehead atoms. The van der Waals surface area contributed by atoms with Crippen LogP contribution < -0.4 is 9.80 Å². The molecule has 4 aromatic heterocycles. The second kappa shape index (κ2) is 14.6. The highest BCUT2D eigenvalue weighted by molar-refractivity contribution is 6.19. The van der Waals surface area contributed by atoms with Crippen LogP contribution in [0.2, 0.25) is 0 Å². The molecule has 0 aliphatic carbocycles. The largest absolute Gasteiger partial charge is 0.456 e. The number of aryl methyl sites for hydroxylation is 2. The first-order valence-corrected chi connectivity index (χ1v) is 23.7. The van der Waals surface area contributed by atoms with Crippen molar-refractivity contribution in [2.45, 2.75) is 13.8 Å². The molecule has 0 aliphatic heterocycles. The number of nitrogens with zero attached hydrogens (tertiary/aromatic N) is 2. The number of rotatable bonds is 6. The summed E-state index contributed by atoms with van der Waals surface area (Å²) in [4.78, 5) is 4.63. The van der Waals surface area contributed by atoms with E-state index in [0.29, 0.717) is 0 Å². The Morgan fingerprint density at radius 1 is 0.257 bits per heavy atom. The molecular weight excluding hydrogens is 861 g/mol. The van der Waals surface area contributed by atoms with Gasteiger partial charge in [-0.15, -0.1) is 0 Å². The minimum absolute atomic E-state index is 0.822. The molecule has 0 radical (unpaired) electrons. The molecule has 0 saturated heterocycles. The lowest BCUT2D eigenvalue weighted by Gasteiger charge is -2.27. The predicted octanol–water partition coefficient (Wildman–Crippen LogP) is 19.1. The molecular formula is C64H40N2O4. The zero-order chi connectivity index (χ0) is 46.2. The second-order valence-corrected chi connectivity index (χ2v) is 18.6. The Labute approximate surface area is 400 Å². The molecule has 15 rings (SSSR count). The van der Waals surface area contributed by atoms with E-state index in [-0.39, 0.29) is 0 Å². The Hall–Kier alpha value is -9.26. The summed E-state index contributed by atoms with van der Waals surface area (Å²) in [6.07, 6.45) is 0. The highest BCUT2D eigenvalue weighted by Gasteiger charge is 2.25. The fraction of sp³-hybridized carbons (Fsp3) is 0.0312. The van der Waals surface area contributed by atoms with Crippen LogP contribution in [-0.4, -0.2) is 0 Å². The van der Waals surface area contributed by atoms with Gasteiger partial charge in [-0.1, -0.05) is 109 Å². The van der Waals surface area contributed by atoms with E-state index in [1.54, 1.807) is 0 Å². The Kier molecular flexibility index (Phi) is 8.10. The average molecular weight is 901 g/mol. The monoisotopic (exact) mass is 900 g/mol. The van der Waals surface area contributed by atoms with Crippen molar-refractivity contribution in [1.82, 2.24) is 0 Å². The Morgan fingerprint density at radius 2 is 0.657 bits per heavy atom. The predicted molar refractivity (Wildman–Crippen MR) is 289 cm³/mol. The lowest BCUT2D eigenvalue weighted by Crippen LogP contribution is -2.11. The lowest BCUT2D eigenvalue weighted by molar-refractivity contribution is 0.664. The quantitative estimate of drug-likeness (QED) is 0.166. The highest BCUT2D eigenvalue weighted by atomic mass is 16.3. The molecule has 0 spiro atoms. The fourth-order valence-electron chi connectivity index (χ4n) is 11.1. The topological polar surface area (TPSA) is 59.0 Å². The first kappa shape index (κ1) is 38.8. The summed E-state index contributed by atoms with van der Waals surface area (Å²) in [5, 5.41) is 12.9. The van der Waals surface area contributed by atoms with Crippen molar-refractivity contribution in [3.8, 4) is 0 Å². The van der Waals surface area contributed by atoms with Crippen LogP contribution in [0.1, 0.15) is 11.1 Å². The molecule has 6 nitrogen and oxygen atoms in total. The van der Waals surface area contributed by atoms with Gasteiger partial charge < -0.3 is 27.5 Å². The Balaban J connectivity index is 0.843. The summed E-state index contributed by atoms with van der Waals surface area (Å²) in [7, 11) is 0. The van der Waals surface area contributed by atoms with Crippen LogP contribution in [0.15, 0.2) is 224 Å². The van der Waals surface area contributed by atoms with Crippen LogP contribution in [-0.2, 0) is 0 Å². The Bertz CT molecular complexity index is 4340. The van der Waals surface area contributed by atoms with E-state index < -0.39 is 0 Å². The molecule has 0 amide bonds. The van der Waals surface area contributed by atoms with Gasteiger partial charge in [-0.05, 0) is 144 Å². The summed E-state index contributed by atoms with van der Waals surface area (Å²) in [5.41, 5.74) is 15.2. The van der Waals surface area contributed by atoms with Gasteiger partial charge in [-0.2, -0.15) is 0 Å². The molecule has 0 atom stereocenters. The van der Waals surface area contributed by atoms with E-state index in [9.17, 15) is 0 Å². The van der Waals surface area contributed by atoms with Crippen molar-refractivity contribution in [3.05, 3.63) is 217 Å². The molecule has 0 aliphatic rings. The molecule has 0 saturated carbocycles. The summed E-state index contributed by atoms with van der Waals surface area (Å²) < 4.78 is 26.8. The van der Waals surface area contributed by atoms with E-state index in [1.807, 2.05) is 24.3 Å². The molecule has 70 heavy (non-hydrogen) atoms. The number of anilines is 6. The number of para-hydroxylation sites is 4. The van der Waals surface area contributed by atoms with Crippen LogP contribution >= 0.6 is 0 Å². The minimum atomic E-state index is 0.822. The van der Waals surface area contributed by atoms with Gasteiger partial charge in [0.1, 0.15) is 33.5 Å². The summed E-state index contributed by atoms with van der Waals surface area (Å²) in [6.45, 7) is 4.31. The minimum Gasteiger partial charge on any atom is -0.456 e. The van der Waals surface area contributed by atoms with Crippen molar-refractivity contribution >= 4 is 143 Å². The fourth-order valence-corrected chi connectivity index (χ4v) is 11.1. The van der Waals surface area contributed by atoms with E-state index >= 15 is 0 Å². The molecule has 4 heterocycles. The van der Waals surface area contributed by atoms with Crippen LogP contribution in [0, 0.1) is 13.8 Å². The molecule has 0 unspecified atom stereocenters. The zero-order valence-corrected chi connectivity index (χ0v) is 38.2. The molecule has 6 heteroatoms. The number of hydrogen-bond donors (Lipinski definition) is 0. The zero-order valence-electron chi connectivity index (χ0n) is 38.2. The van der Waals surface area contributed by atoms with Crippen molar-refractivity contribution < 1.29 is 17.7 Å². The lowest BCUT2D eigenvalue weighted by atomic mass is 10.0. The molecule has 330 valence electrons. The average Bonchev–Trinajstić information content (AvgIpc) is 4.16. The molecule has 15 aromatic rings. The molecule has 11 aromatic carbocycles. The van der Waals surface area contributed by atoms with E-state index in [1.165, 1.54) is 0 Å². The summed E-state index contributed by atoms with van der Waals surface area (Å²) in [5.74, 6) is 0. The third-order valence-electron chi connectivity index (χ3n) is 14.4. The number of benzene rings is 11. The Morgan fingerprint density at radius 3 is 1.11 bits per heavy atom. The van der Waals surface area contributed by atoms with Gasteiger partial charge >= 0.3 is 0 Å². The second-order valence-electron chi connectivity index (χ2n) is 18.6. The SMILES string of the molecule is Cc1ccc2c(oc3ccccc32)c1N(c1ccccc1)c1ccc2cc3c(cc2c1)oc1cc2c(cc13)oc1cc3cc(N(c4ccccc4)c4c(C)ccc5c4oc4ccccc45)ccc3cc12. The van der Waals surface area contributed by atoms with E-state index in [4.69, 9.17) is 17.7 Å². The maximum Gasteiger partial charge on any atom is 0.159 e. The van der Waals surface area contributed by atoms with Gasteiger partial charge in [0.15, 0.2) is 11.2 Å². The number of hydrogen-bond acceptors (Lipinski definition) is 6. The maximum atomic E-state index is 6.76. The van der Waals surface area contributed by atoms with Crippen molar-refractivity contribution in [1.29, 1.82) is 0 Å². The molecule has 0 N–H and O–H groups in total. The van der Waals surface area contributed by atoms with Gasteiger partial charge in [0.2, 0.25) is 0 Å². The van der Waals surface area contributed by atoms with Gasteiger partial charge in [-0.25, -0.2) is 0 Å². The normalized spacial score (nSPS) is 12.1. The third-order valence-corrected chi connectivity index (χ3v) is 14.4. The van der Waals surface area contributed by atoms with Crippen LogP contribution in [0.3, 0.4) is 0 Å². The third kappa shape index (κ3) is 5.74. The van der Waals surface area contributed by atoms with Crippen LogP contribution in [0.25, 0.3) is 109 Å². The van der Waals surface area contributed by atoms with E-state index in [2.05, 4.69) is 206 Å².